The molecule has 2 heterocycles. The summed E-state index contributed by atoms with van der Waals surface area (Å²) in [6.07, 6.45) is 3.04. The van der Waals surface area contributed by atoms with Gasteiger partial charge >= 0.3 is 0 Å². The average Bonchev–Trinajstić information content (AvgIpc) is 2.83. The van der Waals surface area contributed by atoms with Crippen LogP contribution in [0, 0.1) is 0 Å². The Labute approximate surface area is 172 Å². The molecule has 6 rings (SSSR count). The van der Waals surface area contributed by atoms with Gasteiger partial charge in [-0.05, 0) is 34.7 Å². The summed E-state index contributed by atoms with van der Waals surface area (Å²) >= 11 is 0. The van der Waals surface area contributed by atoms with Crippen molar-refractivity contribution in [3.05, 3.63) is 97.6 Å². The van der Waals surface area contributed by atoms with Gasteiger partial charge in [-0.1, -0.05) is 66.7 Å². The first-order valence-corrected chi connectivity index (χ1v) is 9.81. The Hall–Kier alpha value is -4.18. The van der Waals surface area contributed by atoms with E-state index in [2.05, 4.69) is 93.8 Å². The smallest absolute Gasteiger partial charge is 0.162 e. The molecule has 4 heteroatoms. The highest BCUT2D eigenvalue weighted by atomic mass is 15.0. The molecular weight excluding hydrogens is 368 g/mol. The van der Waals surface area contributed by atoms with E-state index in [1.165, 1.54) is 29.0 Å². The van der Waals surface area contributed by atoms with Crippen molar-refractivity contribution in [3.8, 4) is 22.5 Å². The summed E-state index contributed by atoms with van der Waals surface area (Å²) < 4.78 is 0. The molecule has 4 aromatic carbocycles. The van der Waals surface area contributed by atoms with E-state index in [-0.39, 0.29) is 0 Å². The fourth-order valence-electron chi connectivity index (χ4n) is 4.02. The van der Waals surface area contributed by atoms with Crippen LogP contribution in [0.25, 0.3) is 55.1 Å². The molecule has 0 N–H and O–H groups in total. The molecule has 0 unspecified atom stereocenters. The van der Waals surface area contributed by atoms with Gasteiger partial charge in [0.25, 0.3) is 0 Å². The van der Waals surface area contributed by atoms with Gasteiger partial charge in [-0.15, -0.1) is 0 Å². The van der Waals surface area contributed by atoms with E-state index in [0.29, 0.717) is 5.82 Å². The van der Waals surface area contributed by atoms with Crippen LogP contribution < -0.4 is 0 Å². The lowest BCUT2D eigenvalue weighted by Gasteiger charge is -2.12. The summed E-state index contributed by atoms with van der Waals surface area (Å²) in [4.78, 5) is 17.4. The van der Waals surface area contributed by atoms with Crippen molar-refractivity contribution >= 4 is 32.6 Å². The van der Waals surface area contributed by atoms with Crippen LogP contribution in [0.4, 0.5) is 0 Å². The van der Waals surface area contributed by atoms with Gasteiger partial charge in [0, 0.05) is 21.7 Å². The van der Waals surface area contributed by atoms with Crippen LogP contribution in [-0.4, -0.2) is 19.9 Å². The van der Waals surface area contributed by atoms with E-state index in [0.717, 1.165) is 32.9 Å². The zero-order valence-corrected chi connectivity index (χ0v) is 16.0. The van der Waals surface area contributed by atoms with Gasteiger partial charge in [-0.3, -0.25) is 0 Å². The van der Waals surface area contributed by atoms with Gasteiger partial charge in [-0.2, -0.15) is 0 Å². The Balaban J connectivity index is 1.62. The van der Waals surface area contributed by atoms with Crippen LogP contribution in [-0.2, 0) is 0 Å². The van der Waals surface area contributed by atoms with E-state index in [4.69, 9.17) is 4.98 Å². The monoisotopic (exact) mass is 384 g/mol. The number of fused-ring (bicyclic) bond motifs is 4. The summed E-state index contributed by atoms with van der Waals surface area (Å²) in [5.41, 5.74) is 5.32. The molecule has 0 saturated carbocycles. The Bertz CT molecular complexity index is 1520. The molecule has 0 aliphatic carbocycles. The number of hydrogen-bond donors (Lipinski definition) is 0. The fraction of sp³-hybridized carbons (Fsp3) is 0. The number of hydrogen-bond acceptors (Lipinski definition) is 4. The summed E-state index contributed by atoms with van der Waals surface area (Å²) in [6.45, 7) is 0. The highest BCUT2D eigenvalue weighted by molar-refractivity contribution is 6.14. The number of rotatable bonds is 2. The Morgan fingerprint density at radius 3 is 2.10 bits per heavy atom. The maximum absolute atomic E-state index is 5.03. The topological polar surface area (TPSA) is 51.6 Å². The standard InChI is InChI=1S/C26H16N4/c1-3-7-21-19(5-1)13-22(23-14-20-6-2-4-8-24(20)30-25(21)23)17-9-11-18(12-10-17)26-28-15-27-16-29-26/h1-16H. The van der Waals surface area contributed by atoms with E-state index >= 15 is 0 Å². The van der Waals surface area contributed by atoms with E-state index in [1.54, 1.807) is 0 Å². The lowest BCUT2D eigenvalue weighted by molar-refractivity contribution is 1.06. The summed E-state index contributed by atoms with van der Waals surface area (Å²) in [7, 11) is 0. The van der Waals surface area contributed by atoms with Gasteiger partial charge in [0.15, 0.2) is 5.82 Å². The van der Waals surface area contributed by atoms with Crippen molar-refractivity contribution in [2.24, 2.45) is 0 Å². The van der Waals surface area contributed by atoms with Crippen LogP contribution in [0.5, 0.6) is 0 Å². The molecule has 0 bridgehead atoms. The molecule has 30 heavy (non-hydrogen) atoms. The molecule has 0 fully saturated rings. The normalized spacial score (nSPS) is 11.3. The van der Waals surface area contributed by atoms with Gasteiger partial charge < -0.3 is 0 Å². The number of benzene rings is 4. The number of pyridine rings is 1. The minimum Gasteiger partial charge on any atom is -0.247 e. The molecule has 0 amide bonds. The second kappa shape index (κ2) is 6.71. The fourth-order valence-corrected chi connectivity index (χ4v) is 4.02. The zero-order valence-electron chi connectivity index (χ0n) is 16.0. The highest BCUT2D eigenvalue weighted by Gasteiger charge is 2.11. The number of para-hydroxylation sites is 1. The SMILES string of the molecule is c1ccc2nc3c(cc2c1)c(-c1ccc(-c2ncncn2)cc1)cc1ccccc13. The van der Waals surface area contributed by atoms with Gasteiger partial charge in [-0.25, -0.2) is 19.9 Å². The highest BCUT2D eigenvalue weighted by Crippen LogP contribution is 2.36. The van der Waals surface area contributed by atoms with E-state index < -0.39 is 0 Å². The van der Waals surface area contributed by atoms with Crippen LogP contribution in [0.2, 0.25) is 0 Å². The largest absolute Gasteiger partial charge is 0.247 e. The predicted octanol–water partition coefficient (Wildman–Crippen LogP) is 6.06. The predicted molar refractivity (Wildman–Crippen MR) is 121 cm³/mol. The van der Waals surface area contributed by atoms with Crippen molar-refractivity contribution in [2.45, 2.75) is 0 Å². The van der Waals surface area contributed by atoms with Gasteiger partial charge in [0.1, 0.15) is 12.7 Å². The molecule has 0 aliphatic rings. The summed E-state index contributed by atoms with van der Waals surface area (Å²) in [5.74, 6) is 0.674. The van der Waals surface area contributed by atoms with Crippen LogP contribution in [0.3, 0.4) is 0 Å². The van der Waals surface area contributed by atoms with Crippen molar-refractivity contribution in [3.63, 3.8) is 0 Å². The maximum Gasteiger partial charge on any atom is 0.162 e. The quantitative estimate of drug-likeness (QED) is 0.269. The summed E-state index contributed by atoms with van der Waals surface area (Å²) in [5, 5.41) is 4.65. The van der Waals surface area contributed by atoms with Crippen molar-refractivity contribution in [1.29, 1.82) is 0 Å². The minimum atomic E-state index is 0.674. The van der Waals surface area contributed by atoms with Crippen LogP contribution in [0.1, 0.15) is 0 Å². The first-order chi connectivity index (χ1) is 14.9. The number of aromatic nitrogens is 4. The van der Waals surface area contributed by atoms with Crippen molar-refractivity contribution in [2.75, 3.05) is 0 Å². The van der Waals surface area contributed by atoms with E-state index in [1.807, 2.05) is 6.07 Å². The van der Waals surface area contributed by atoms with Crippen LogP contribution in [0.15, 0.2) is 97.6 Å². The molecular formula is C26H16N4. The second-order valence-corrected chi connectivity index (χ2v) is 7.26. The first kappa shape index (κ1) is 16.7. The van der Waals surface area contributed by atoms with Gasteiger partial charge in [0.05, 0.1) is 11.0 Å². The zero-order chi connectivity index (χ0) is 19.9. The summed E-state index contributed by atoms with van der Waals surface area (Å²) in [6, 6.07) is 29.6. The molecule has 140 valence electrons. The molecule has 2 aromatic heterocycles. The Kier molecular flexibility index (Phi) is 3.74. The third kappa shape index (κ3) is 2.70. The molecule has 0 spiro atoms. The minimum absolute atomic E-state index is 0.674. The maximum atomic E-state index is 5.03. The number of nitrogens with zero attached hydrogens (tertiary/aromatic N) is 4. The third-order valence-electron chi connectivity index (χ3n) is 5.48. The van der Waals surface area contributed by atoms with E-state index in [9.17, 15) is 0 Å². The molecule has 0 radical (unpaired) electrons. The van der Waals surface area contributed by atoms with Gasteiger partial charge in [0.2, 0.25) is 0 Å². The van der Waals surface area contributed by atoms with Crippen molar-refractivity contribution < 1.29 is 0 Å². The molecule has 0 atom stereocenters. The Morgan fingerprint density at radius 1 is 0.567 bits per heavy atom. The lowest BCUT2D eigenvalue weighted by atomic mass is 9.94. The Morgan fingerprint density at radius 2 is 1.27 bits per heavy atom. The van der Waals surface area contributed by atoms with Crippen molar-refractivity contribution in [1.82, 2.24) is 19.9 Å². The lowest BCUT2D eigenvalue weighted by Crippen LogP contribution is -1.90. The van der Waals surface area contributed by atoms with Crippen LogP contribution >= 0.6 is 0 Å². The first-order valence-electron chi connectivity index (χ1n) is 9.81. The molecule has 4 nitrogen and oxygen atoms in total. The third-order valence-corrected chi connectivity index (χ3v) is 5.48. The molecule has 0 aliphatic heterocycles. The average molecular weight is 384 g/mol. The second-order valence-electron chi connectivity index (χ2n) is 7.26. The molecule has 6 aromatic rings. The molecule has 0 saturated heterocycles.